The van der Waals surface area contributed by atoms with Crippen LogP contribution in [0, 0.1) is 0 Å². The van der Waals surface area contributed by atoms with E-state index >= 15 is 0 Å². The van der Waals surface area contributed by atoms with Crippen molar-refractivity contribution in [1.82, 2.24) is 14.7 Å². The molecule has 53 heavy (non-hydrogen) atoms. The van der Waals surface area contributed by atoms with E-state index in [1.807, 2.05) is 0 Å². The minimum absolute atomic E-state index is 0.468. The van der Waals surface area contributed by atoms with Gasteiger partial charge in [-0.1, -0.05) is 109 Å². The van der Waals surface area contributed by atoms with E-state index in [1.165, 1.54) is 50.1 Å². The molecular weight excluding hydrogens is 655 g/mol. The molecule has 0 N–H and O–H groups in total. The van der Waals surface area contributed by atoms with Crippen LogP contribution in [0.4, 0.5) is 0 Å². The molecule has 9 rings (SSSR count). The van der Waals surface area contributed by atoms with Crippen molar-refractivity contribution in [1.29, 1.82) is 0 Å². The fourth-order valence-electron chi connectivity index (χ4n) is 8.14. The lowest BCUT2D eigenvalue weighted by Crippen LogP contribution is -2.34. The molecule has 0 atom stereocenters. The molecule has 0 aliphatic carbocycles. The first-order valence-corrected chi connectivity index (χ1v) is 18.6. The second-order valence-corrected chi connectivity index (χ2v) is 14.8. The van der Waals surface area contributed by atoms with Crippen LogP contribution in [0.3, 0.4) is 0 Å². The summed E-state index contributed by atoms with van der Waals surface area (Å²) in [5.74, 6) is 2.89. The van der Waals surface area contributed by atoms with Gasteiger partial charge in [-0.3, -0.25) is 14.7 Å². The molecule has 0 saturated carbocycles. The highest BCUT2D eigenvalue weighted by atomic mass is 16.5. The van der Waals surface area contributed by atoms with Gasteiger partial charge in [0.05, 0.1) is 0 Å². The van der Waals surface area contributed by atoms with E-state index in [-0.39, 0.29) is 0 Å². The Morgan fingerprint density at radius 2 is 0.717 bits per heavy atom. The summed E-state index contributed by atoms with van der Waals surface area (Å²) in [5.41, 5.74) is 10.7. The van der Waals surface area contributed by atoms with Crippen LogP contribution < -0.4 is 14.2 Å². The maximum absolute atomic E-state index is 6.34. The van der Waals surface area contributed by atoms with Crippen LogP contribution in [0.15, 0.2) is 146 Å². The van der Waals surface area contributed by atoms with Gasteiger partial charge in [0.15, 0.2) is 0 Å². The number of nitrogens with zero attached hydrogens (tertiary/aromatic N) is 3. The van der Waals surface area contributed by atoms with Crippen molar-refractivity contribution in [3.05, 3.63) is 196 Å². The smallest absolute Gasteiger partial charge is 0.142 e. The lowest BCUT2D eigenvalue weighted by atomic mass is 9.70. The van der Waals surface area contributed by atoms with Crippen LogP contribution in [0.25, 0.3) is 0 Å². The standard InChI is InChI=1S/C47H45N3O3/c1-47(41-17-20-44-38(23-41)29-48(32-51-44)26-35-11-5-2-6-12-35,42-18-21-45-39(24-42)30-49(33-52-45)27-36-13-7-3-8-14-36)43-19-22-46-40(25-43)31-50(34-53-46)28-37-15-9-4-10-16-37/h2-25H,26-34H2,1H3. The molecule has 0 amide bonds. The molecule has 3 heterocycles. The molecule has 6 aromatic rings. The van der Waals surface area contributed by atoms with Gasteiger partial charge in [0.1, 0.15) is 37.4 Å². The molecule has 0 radical (unpaired) electrons. The Labute approximate surface area is 312 Å². The Morgan fingerprint density at radius 3 is 1.02 bits per heavy atom. The van der Waals surface area contributed by atoms with Crippen LogP contribution in [0.2, 0.25) is 0 Å². The van der Waals surface area contributed by atoms with Crippen molar-refractivity contribution in [2.45, 2.75) is 51.6 Å². The number of benzene rings is 6. The molecule has 3 aliphatic rings. The minimum atomic E-state index is -0.468. The topological polar surface area (TPSA) is 37.4 Å². The third-order valence-corrected chi connectivity index (χ3v) is 11.1. The number of hydrogen-bond donors (Lipinski definition) is 0. The molecule has 0 aromatic heterocycles. The first-order chi connectivity index (χ1) is 26.1. The highest BCUT2D eigenvalue weighted by Gasteiger charge is 2.35. The van der Waals surface area contributed by atoms with E-state index in [0.29, 0.717) is 20.2 Å². The zero-order chi connectivity index (χ0) is 35.6. The monoisotopic (exact) mass is 699 g/mol. The van der Waals surface area contributed by atoms with Crippen molar-refractivity contribution in [3.63, 3.8) is 0 Å². The average Bonchev–Trinajstić information content (AvgIpc) is 3.21. The fourth-order valence-corrected chi connectivity index (χ4v) is 8.14. The number of hydrogen-bond acceptors (Lipinski definition) is 6. The Balaban J connectivity index is 1.08. The molecule has 0 fully saturated rings. The summed E-state index contributed by atoms with van der Waals surface area (Å²) in [4.78, 5) is 7.11. The Morgan fingerprint density at radius 1 is 0.415 bits per heavy atom. The summed E-state index contributed by atoms with van der Waals surface area (Å²) >= 11 is 0. The SMILES string of the molecule is CC(c1ccc2c(c1)CN(Cc1ccccc1)CO2)(c1ccc2c(c1)CN(Cc1ccccc1)CO2)c1ccc2c(c1)CN(Cc1ccccc1)CO2. The van der Waals surface area contributed by atoms with Gasteiger partial charge in [-0.05, 0) is 76.7 Å². The number of rotatable bonds is 9. The highest BCUT2D eigenvalue weighted by molar-refractivity contribution is 5.56. The van der Waals surface area contributed by atoms with Gasteiger partial charge in [0.2, 0.25) is 0 Å². The highest BCUT2D eigenvalue weighted by Crippen LogP contribution is 2.44. The summed E-state index contributed by atoms with van der Waals surface area (Å²) in [6.45, 7) is 9.12. The van der Waals surface area contributed by atoms with Gasteiger partial charge in [0.25, 0.3) is 0 Å². The molecule has 0 bridgehead atoms. The third kappa shape index (κ3) is 7.06. The van der Waals surface area contributed by atoms with Gasteiger partial charge >= 0.3 is 0 Å². The van der Waals surface area contributed by atoms with E-state index < -0.39 is 5.41 Å². The van der Waals surface area contributed by atoms with Crippen LogP contribution in [0.5, 0.6) is 17.2 Å². The van der Waals surface area contributed by atoms with Crippen LogP contribution >= 0.6 is 0 Å². The molecule has 0 spiro atoms. The molecule has 6 nitrogen and oxygen atoms in total. The fraction of sp³-hybridized carbons (Fsp3) is 0.234. The van der Waals surface area contributed by atoms with Gasteiger partial charge in [-0.15, -0.1) is 0 Å². The molecule has 0 saturated heterocycles. The Hall–Kier alpha value is -5.40. The molecular formula is C47H45N3O3. The van der Waals surface area contributed by atoms with Crippen LogP contribution in [-0.4, -0.2) is 34.9 Å². The number of ether oxygens (including phenoxy) is 3. The van der Waals surface area contributed by atoms with Gasteiger partial charge in [-0.2, -0.15) is 0 Å². The second kappa shape index (κ2) is 14.6. The lowest BCUT2D eigenvalue weighted by Gasteiger charge is -2.37. The maximum atomic E-state index is 6.34. The Bertz CT molecular complexity index is 1940. The first-order valence-electron chi connectivity index (χ1n) is 18.6. The van der Waals surface area contributed by atoms with Crippen molar-refractivity contribution in [2.24, 2.45) is 0 Å². The zero-order valence-corrected chi connectivity index (χ0v) is 30.3. The molecule has 6 aromatic carbocycles. The molecule has 266 valence electrons. The van der Waals surface area contributed by atoms with E-state index in [9.17, 15) is 0 Å². The van der Waals surface area contributed by atoms with E-state index in [4.69, 9.17) is 14.2 Å². The second-order valence-electron chi connectivity index (χ2n) is 14.8. The zero-order valence-electron chi connectivity index (χ0n) is 30.3. The summed E-state index contributed by atoms with van der Waals surface area (Å²) in [6.07, 6.45) is 0. The van der Waals surface area contributed by atoms with E-state index in [2.05, 4.69) is 167 Å². The average molecular weight is 700 g/mol. The summed E-state index contributed by atoms with van der Waals surface area (Å²) < 4.78 is 19.0. The third-order valence-electron chi connectivity index (χ3n) is 11.1. The molecule has 0 unspecified atom stereocenters. The van der Waals surface area contributed by atoms with Gasteiger partial charge < -0.3 is 14.2 Å². The van der Waals surface area contributed by atoms with Crippen molar-refractivity contribution >= 4 is 0 Å². The maximum Gasteiger partial charge on any atom is 0.142 e. The molecule has 6 heteroatoms. The number of fused-ring (bicyclic) bond motifs is 3. The predicted octanol–water partition coefficient (Wildman–Crippen LogP) is 9.10. The van der Waals surface area contributed by atoms with Gasteiger partial charge in [-0.25, -0.2) is 0 Å². The first kappa shape index (κ1) is 33.4. The predicted molar refractivity (Wildman–Crippen MR) is 208 cm³/mol. The summed E-state index contributed by atoms with van der Waals surface area (Å²) in [7, 11) is 0. The van der Waals surface area contributed by atoms with Gasteiger partial charge in [0, 0.05) is 61.4 Å². The largest absolute Gasteiger partial charge is 0.478 e. The minimum Gasteiger partial charge on any atom is -0.478 e. The van der Waals surface area contributed by atoms with Crippen molar-refractivity contribution < 1.29 is 14.2 Å². The summed E-state index contributed by atoms with van der Waals surface area (Å²) in [6, 6.07) is 52.4. The quantitative estimate of drug-likeness (QED) is 0.140. The van der Waals surface area contributed by atoms with Crippen LogP contribution in [0.1, 0.15) is 57.0 Å². The van der Waals surface area contributed by atoms with Crippen molar-refractivity contribution in [3.8, 4) is 17.2 Å². The molecule has 3 aliphatic heterocycles. The van der Waals surface area contributed by atoms with E-state index in [1.54, 1.807) is 0 Å². The normalized spacial score (nSPS) is 16.0. The van der Waals surface area contributed by atoms with E-state index in [0.717, 1.165) is 56.5 Å². The van der Waals surface area contributed by atoms with Crippen LogP contribution in [-0.2, 0) is 44.7 Å². The van der Waals surface area contributed by atoms with Crippen molar-refractivity contribution in [2.75, 3.05) is 20.2 Å². The Kier molecular flexibility index (Phi) is 9.18. The lowest BCUT2D eigenvalue weighted by molar-refractivity contribution is 0.0883. The summed E-state index contributed by atoms with van der Waals surface area (Å²) in [5, 5.41) is 0.